The number of carbonyl (C=O) groups excluding carboxylic acids is 2. The molecule has 0 radical (unpaired) electrons. The summed E-state index contributed by atoms with van der Waals surface area (Å²) in [6.07, 6.45) is 4.29. The number of rotatable bonds is 9. The minimum atomic E-state index is -1.13. The van der Waals surface area contributed by atoms with Crippen LogP contribution in [0.5, 0.6) is 5.75 Å². The number of benzene rings is 1. The van der Waals surface area contributed by atoms with E-state index in [0.717, 1.165) is 30.6 Å². The summed E-state index contributed by atoms with van der Waals surface area (Å²) in [4.78, 5) is 37.7. The van der Waals surface area contributed by atoms with E-state index >= 15 is 0 Å². The molecule has 10 nitrogen and oxygen atoms in total. The van der Waals surface area contributed by atoms with Crippen LogP contribution in [0.2, 0.25) is 0 Å². The smallest absolute Gasteiger partial charge is 0.326 e. The quantitative estimate of drug-likeness (QED) is 0.322. The number of unbranched alkanes of at least 4 members (excludes halogenated alkanes) is 1. The van der Waals surface area contributed by atoms with Crippen LogP contribution in [-0.2, 0) is 20.7 Å². The number of hydrogen-bond donors (Lipinski definition) is 5. The normalized spacial score (nSPS) is 21.0. The zero-order valence-corrected chi connectivity index (χ0v) is 21.5. The number of carboxylic acid groups (broad SMARTS) is 1. The predicted molar refractivity (Wildman–Crippen MR) is 137 cm³/mol. The molecular weight excluding hydrogens is 464 g/mol. The van der Waals surface area contributed by atoms with E-state index in [2.05, 4.69) is 22.9 Å². The van der Waals surface area contributed by atoms with Gasteiger partial charge in [-0.2, -0.15) is 0 Å². The fraction of sp³-hybridized carbons (Fsp3) is 0.654. The van der Waals surface area contributed by atoms with Gasteiger partial charge in [0.15, 0.2) is 0 Å². The summed E-state index contributed by atoms with van der Waals surface area (Å²) in [7, 11) is 0. The van der Waals surface area contributed by atoms with Crippen molar-refractivity contribution in [2.75, 3.05) is 26.4 Å². The Morgan fingerprint density at radius 2 is 1.92 bits per heavy atom. The minimum absolute atomic E-state index is 0.170. The van der Waals surface area contributed by atoms with Gasteiger partial charge in [-0.05, 0) is 62.3 Å². The lowest BCUT2D eigenvalue weighted by molar-refractivity contribution is -0.139. The maximum absolute atomic E-state index is 13.3. The van der Waals surface area contributed by atoms with Crippen LogP contribution in [0.1, 0.15) is 57.9 Å². The molecule has 1 aromatic carbocycles. The van der Waals surface area contributed by atoms with E-state index in [-0.39, 0.29) is 30.7 Å². The van der Waals surface area contributed by atoms with Crippen LogP contribution in [0, 0.1) is 5.92 Å². The summed E-state index contributed by atoms with van der Waals surface area (Å²) in [6.45, 7) is 6.08. The Kier molecular flexibility index (Phi) is 13.1. The number of ether oxygens (including phenoxy) is 2. The Morgan fingerprint density at radius 1 is 1.19 bits per heavy atom. The molecule has 1 unspecified atom stereocenters. The molecule has 3 rings (SSSR count). The monoisotopic (exact) mass is 506 g/mol. The Balaban J connectivity index is 2.19. The zero-order valence-electron chi connectivity index (χ0n) is 21.5. The van der Waals surface area contributed by atoms with Crippen molar-refractivity contribution in [1.29, 1.82) is 0 Å². The maximum atomic E-state index is 13.3. The van der Waals surface area contributed by atoms with Gasteiger partial charge in [-0.1, -0.05) is 32.4 Å². The SMILES string of the molecule is CC[C@H](C)[C@H]1COCCCCOc2ccc(cc2)C[C@@H](NC(=O)NC(CCCCN)C(=O)O)C(=O)N1. The molecule has 0 spiro atoms. The molecule has 6 N–H and O–H groups in total. The molecule has 10 heteroatoms. The summed E-state index contributed by atoms with van der Waals surface area (Å²) < 4.78 is 11.6. The van der Waals surface area contributed by atoms with Gasteiger partial charge in [0, 0.05) is 13.0 Å². The van der Waals surface area contributed by atoms with Gasteiger partial charge in [0.1, 0.15) is 17.8 Å². The van der Waals surface area contributed by atoms with Gasteiger partial charge >= 0.3 is 12.0 Å². The van der Waals surface area contributed by atoms with Crippen molar-refractivity contribution < 1.29 is 29.0 Å². The number of nitrogens with two attached hydrogens (primary N) is 1. The minimum Gasteiger partial charge on any atom is -0.494 e. The lowest BCUT2D eigenvalue weighted by atomic mass is 9.98. The first-order valence-corrected chi connectivity index (χ1v) is 12.9. The van der Waals surface area contributed by atoms with Crippen LogP contribution in [0.4, 0.5) is 4.79 Å². The van der Waals surface area contributed by atoms with Gasteiger partial charge in [0.25, 0.3) is 0 Å². The molecule has 2 aliphatic rings. The lowest BCUT2D eigenvalue weighted by Crippen LogP contribution is -2.56. The number of nitrogens with one attached hydrogen (secondary N) is 3. The van der Waals surface area contributed by atoms with Gasteiger partial charge in [-0.25, -0.2) is 9.59 Å². The molecule has 0 fully saturated rings. The van der Waals surface area contributed by atoms with Crippen LogP contribution in [0.3, 0.4) is 0 Å². The van der Waals surface area contributed by atoms with Crippen molar-refractivity contribution in [1.82, 2.24) is 16.0 Å². The molecule has 202 valence electrons. The first-order chi connectivity index (χ1) is 17.3. The van der Waals surface area contributed by atoms with Gasteiger partial charge in [-0.15, -0.1) is 0 Å². The Hall–Kier alpha value is -2.85. The highest BCUT2D eigenvalue weighted by Crippen LogP contribution is 2.16. The molecule has 2 heterocycles. The molecule has 2 aliphatic heterocycles. The van der Waals surface area contributed by atoms with Crippen molar-refractivity contribution in [3.63, 3.8) is 0 Å². The van der Waals surface area contributed by atoms with E-state index in [9.17, 15) is 19.5 Å². The van der Waals surface area contributed by atoms with E-state index in [1.54, 1.807) is 0 Å². The first-order valence-electron chi connectivity index (χ1n) is 12.9. The maximum Gasteiger partial charge on any atom is 0.326 e. The van der Waals surface area contributed by atoms with E-state index in [1.807, 2.05) is 31.2 Å². The van der Waals surface area contributed by atoms with E-state index in [0.29, 0.717) is 39.2 Å². The Morgan fingerprint density at radius 3 is 2.58 bits per heavy atom. The standard InChI is InChI=1S/C26H42N4O6/c1-3-18(2)23-17-35-14-6-7-15-36-20-11-9-19(10-12-20)16-22(24(31)28-23)30-26(34)29-21(25(32)33)8-4-5-13-27/h9-12,18,21-23H,3-8,13-17,27H2,1-2H3,(H,28,31)(H,32,33)(H2,29,30,34)/t18-,21?,22+,23+/m0/s1. The topological polar surface area (TPSA) is 152 Å². The second-order valence-electron chi connectivity index (χ2n) is 9.32. The van der Waals surface area contributed by atoms with Gasteiger partial charge in [-0.3, -0.25) is 4.79 Å². The number of carbonyl (C=O) groups is 3. The molecule has 0 aromatic heterocycles. The Labute approximate surface area is 213 Å². The number of aliphatic carboxylic acids is 1. The number of urea groups is 1. The van der Waals surface area contributed by atoms with Gasteiger partial charge < -0.3 is 36.3 Å². The third-order valence-corrected chi connectivity index (χ3v) is 6.44. The molecule has 36 heavy (non-hydrogen) atoms. The third kappa shape index (κ3) is 10.4. The fourth-order valence-electron chi connectivity index (χ4n) is 3.90. The van der Waals surface area contributed by atoms with Crippen LogP contribution in [-0.4, -0.2) is 67.5 Å². The van der Waals surface area contributed by atoms with Crippen molar-refractivity contribution in [2.24, 2.45) is 11.7 Å². The molecule has 0 aliphatic carbocycles. The predicted octanol–water partition coefficient (Wildman–Crippen LogP) is 2.20. The van der Waals surface area contributed by atoms with Crippen molar-refractivity contribution >= 4 is 17.9 Å². The highest BCUT2D eigenvalue weighted by Gasteiger charge is 2.28. The molecule has 1 aromatic rings. The summed E-state index contributed by atoms with van der Waals surface area (Å²) >= 11 is 0. The molecule has 2 bridgehead atoms. The number of fused-ring (bicyclic) bond motifs is 13. The zero-order chi connectivity index (χ0) is 26.3. The van der Waals surface area contributed by atoms with Gasteiger partial charge in [0.2, 0.25) is 5.91 Å². The van der Waals surface area contributed by atoms with Crippen LogP contribution < -0.4 is 26.4 Å². The van der Waals surface area contributed by atoms with Crippen LogP contribution in [0.15, 0.2) is 24.3 Å². The van der Waals surface area contributed by atoms with Crippen LogP contribution >= 0.6 is 0 Å². The second-order valence-corrected chi connectivity index (χ2v) is 9.32. The van der Waals surface area contributed by atoms with E-state index < -0.39 is 24.1 Å². The van der Waals surface area contributed by atoms with Crippen LogP contribution in [0.25, 0.3) is 0 Å². The molecule has 3 amide bonds. The average molecular weight is 507 g/mol. The van der Waals surface area contributed by atoms with Gasteiger partial charge in [0.05, 0.1) is 19.3 Å². The summed E-state index contributed by atoms with van der Waals surface area (Å²) in [6, 6.07) is 4.51. The first kappa shape index (κ1) is 29.4. The highest BCUT2D eigenvalue weighted by atomic mass is 16.5. The molecular formula is C26H42N4O6. The summed E-state index contributed by atoms with van der Waals surface area (Å²) in [5, 5.41) is 17.7. The molecule has 4 atom stereocenters. The van der Waals surface area contributed by atoms with E-state index in [1.165, 1.54) is 0 Å². The Bertz CT molecular complexity index is 819. The highest BCUT2D eigenvalue weighted by molar-refractivity contribution is 5.89. The largest absolute Gasteiger partial charge is 0.494 e. The van der Waals surface area contributed by atoms with E-state index in [4.69, 9.17) is 15.2 Å². The summed E-state index contributed by atoms with van der Waals surface area (Å²) in [5.74, 6) is -0.573. The molecule has 0 saturated carbocycles. The second kappa shape index (κ2) is 16.0. The van der Waals surface area contributed by atoms with Crippen molar-refractivity contribution in [2.45, 2.75) is 76.9 Å². The number of carboxylic acids is 1. The van der Waals surface area contributed by atoms with Crippen molar-refractivity contribution in [3.05, 3.63) is 29.8 Å². The summed E-state index contributed by atoms with van der Waals surface area (Å²) in [5.41, 5.74) is 6.32. The van der Waals surface area contributed by atoms with Crippen molar-refractivity contribution in [3.8, 4) is 5.75 Å². The third-order valence-electron chi connectivity index (χ3n) is 6.44. The number of hydrogen-bond acceptors (Lipinski definition) is 6. The number of amides is 3. The molecule has 0 saturated heterocycles. The average Bonchev–Trinajstić information content (AvgIpc) is 2.86. The lowest BCUT2D eigenvalue weighted by Gasteiger charge is -2.28. The fourth-order valence-corrected chi connectivity index (χ4v) is 3.90.